The van der Waals surface area contributed by atoms with Crippen LogP contribution in [0.15, 0.2) is 59.5 Å². The highest BCUT2D eigenvalue weighted by atomic mass is 32.2. The van der Waals surface area contributed by atoms with Crippen LogP contribution < -0.4 is 4.74 Å². The smallest absolute Gasteiger partial charge is 0.312 e. The van der Waals surface area contributed by atoms with Gasteiger partial charge in [0.2, 0.25) is 10.0 Å². The molecule has 0 saturated carbocycles. The average molecular weight is 417 g/mol. The Morgan fingerprint density at radius 3 is 2.41 bits per heavy atom. The third-order valence-electron chi connectivity index (χ3n) is 4.79. The van der Waals surface area contributed by atoms with E-state index in [0.717, 1.165) is 18.2 Å². The minimum absolute atomic E-state index is 0.0315. The average Bonchev–Trinajstić information content (AvgIpc) is 2.74. The fourth-order valence-electron chi connectivity index (χ4n) is 3.18. The minimum atomic E-state index is -3.80. The van der Waals surface area contributed by atoms with Gasteiger partial charge in [-0.15, -0.1) is 0 Å². The van der Waals surface area contributed by atoms with Crippen molar-refractivity contribution in [1.82, 2.24) is 9.21 Å². The summed E-state index contributed by atoms with van der Waals surface area (Å²) in [5.41, 5.74) is 0.757. The standard InChI is InChI=1S/C20H23N3O5S/c1-28-20-10-9-18(16-19(20)23(24)25)29(26,27)22-14-12-21(13-15-22)11-5-8-17-6-3-2-4-7-17/h2-10,16H,11-15H2,1H3. The molecule has 0 N–H and O–H groups in total. The van der Waals surface area contributed by atoms with Gasteiger partial charge >= 0.3 is 5.69 Å². The highest BCUT2D eigenvalue weighted by Gasteiger charge is 2.30. The number of hydrogen-bond donors (Lipinski definition) is 0. The van der Waals surface area contributed by atoms with E-state index >= 15 is 0 Å². The second-order valence-electron chi connectivity index (χ2n) is 6.61. The summed E-state index contributed by atoms with van der Waals surface area (Å²) in [6, 6.07) is 13.7. The SMILES string of the molecule is COc1ccc(S(=O)(=O)N2CCN(CC=Cc3ccccc3)CC2)cc1[N+](=O)[O-]. The van der Waals surface area contributed by atoms with Crippen LogP contribution in [0.1, 0.15) is 5.56 Å². The summed E-state index contributed by atoms with van der Waals surface area (Å²) < 4.78 is 32.1. The van der Waals surface area contributed by atoms with Crippen molar-refractivity contribution in [3.8, 4) is 5.75 Å². The number of sulfonamides is 1. The van der Waals surface area contributed by atoms with Gasteiger partial charge in [0.1, 0.15) is 0 Å². The van der Waals surface area contributed by atoms with Crippen LogP contribution in [0.2, 0.25) is 0 Å². The molecule has 8 nitrogen and oxygen atoms in total. The zero-order valence-electron chi connectivity index (χ0n) is 16.1. The monoisotopic (exact) mass is 417 g/mol. The lowest BCUT2D eigenvalue weighted by Crippen LogP contribution is -2.48. The molecule has 0 aliphatic carbocycles. The van der Waals surface area contributed by atoms with Crippen molar-refractivity contribution in [2.75, 3.05) is 39.8 Å². The Hall–Kier alpha value is -2.75. The summed E-state index contributed by atoms with van der Waals surface area (Å²) >= 11 is 0. The topological polar surface area (TPSA) is 93.0 Å². The molecule has 0 unspecified atom stereocenters. The molecule has 154 valence electrons. The Balaban J connectivity index is 1.63. The van der Waals surface area contributed by atoms with E-state index in [0.29, 0.717) is 26.2 Å². The highest BCUT2D eigenvalue weighted by Crippen LogP contribution is 2.30. The first-order valence-corrected chi connectivity index (χ1v) is 10.6. The van der Waals surface area contributed by atoms with Crippen LogP contribution >= 0.6 is 0 Å². The quantitative estimate of drug-likeness (QED) is 0.508. The second-order valence-corrected chi connectivity index (χ2v) is 8.55. The van der Waals surface area contributed by atoms with E-state index < -0.39 is 14.9 Å². The number of methoxy groups -OCH3 is 1. The maximum Gasteiger partial charge on any atom is 0.312 e. The Morgan fingerprint density at radius 2 is 1.79 bits per heavy atom. The molecule has 0 spiro atoms. The molecular formula is C20H23N3O5S. The second kappa shape index (κ2) is 9.17. The van der Waals surface area contributed by atoms with E-state index in [1.807, 2.05) is 36.4 Å². The fraction of sp³-hybridized carbons (Fsp3) is 0.300. The number of rotatable bonds is 7. The number of benzene rings is 2. The van der Waals surface area contributed by atoms with Crippen molar-refractivity contribution in [1.29, 1.82) is 0 Å². The van der Waals surface area contributed by atoms with E-state index in [9.17, 15) is 18.5 Å². The molecular weight excluding hydrogens is 394 g/mol. The van der Waals surface area contributed by atoms with E-state index in [4.69, 9.17) is 4.74 Å². The van der Waals surface area contributed by atoms with Gasteiger partial charge in [0, 0.05) is 38.8 Å². The molecule has 1 fully saturated rings. The van der Waals surface area contributed by atoms with Gasteiger partial charge in [0.05, 0.1) is 16.9 Å². The molecule has 2 aromatic carbocycles. The summed E-state index contributed by atoms with van der Waals surface area (Å²) in [6.45, 7) is 2.59. The van der Waals surface area contributed by atoms with Gasteiger partial charge in [-0.1, -0.05) is 42.5 Å². The van der Waals surface area contributed by atoms with Gasteiger partial charge < -0.3 is 4.74 Å². The lowest BCUT2D eigenvalue weighted by atomic mass is 10.2. The van der Waals surface area contributed by atoms with Crippen LogP contribution in [0.25, 0.3) is 6.08 Å². The van der Waals surface area contributed by atoms with Crippen molar-refractivity contribution in [3.05, 3.63) is 70.3 Å². The molecule has 1 aliphatic rings. The van der Waals surface area contributed by atoms with Crippen molar-refractivity contribution in [2.45, 2.75) is 4.90 Å². The fourth-order valence-corrected chi connectivity index (χ4v) is 4.62. The van der Waals surface area contributed by atoms with Crippen LogP contribution in [0, 0.1) is 10.1 Å². The normalized spacial score (nSPS) is 16.2. The van der Waals surface area contributed by atoms with E-state index in [-0.39, 0.29) is 16.3 Å². The first kappa shape index (κ1) is 21.0. The maximum atomic E-state index is 12.9. The zero-order valence-corrected chi connectivity index (χ0v) is 16.9. The van der Waals surface area contributed by atoms with E-state index in [1.165, 1.54) is 23.5 Å². The predicted molar refractivity (Wildman–Crippen MR) is 110 cm³/mol. The Labute approximate surface area is 170 Å². The largest absolute Gasteiger partial charge is 0.490 e. The lowest BCUT2D eigenvalue weighted by Gasteiger charge is -2.33. The molecule has 0 aromatic heterocycles. The summed E-state index contributed by atoms with van der Waals surface area (Å²) in [5, 5.41) is 11.2. The molecule has 0 bridgehead atoms. The number of nitro benzene ring substituents is 1. The summed E-state index contributed by atoms with van der Waals surface area (Å²) in [6.07, 6.45) is 4.10. The molecule has 0 atom stereocenters. The molecule has 29 heavy (non-hydrogen) atoms. The number of nitrogens with zero attached hydrogens (tertiary/aromatic N) is 3. The van der Waals surface area contributed by atoms with Gasteiger partial charge in [-0.25, -0.2) is 8.42 Å². The van der Waals surface area contributed by atoms with Crippen LogP contribution in [-0.2, 0) is 10.0 Å². The van der Waals surface area contributed by atoms with Crippen LogP contribution in [0.4, 0.5) is 5.69 Å². The van der Waals surface area contributed by atoms with Gasteiger partial charge in [-0.05, 0) is 17.7 Å². The van der Waals surface area contributed by atoms with Crippen molar-refractivity contribution in [2.24, 2.45) is 0 Å². The predicted octanol–water partition coefficient (Wildman–Crippen LogP) is 2.62. The first-order chi connectivity index (χ1) is 13.9. The lowest BCUT2D eigenvalue weighted by molar-refractivity contribution is -0.386. The van der Waals surface area contributed by atoms with Crippen molar-refractivity contribution >= 4 is 21.8 Å². The van der Waals surface area contributed by atoms with Crippen LogP contribution in [-0.4, -0.2) is 62.4 Å². The Kier molecular flexibility index (Phi) is 6.63. The Bertz CT molecular complexity index is 984. The van der Waals surface area contributed by atoms with Crippen LogP contribution in [0.5, 0.6) is 5.75 Å². The molecule has 1 heterocycles. The van der Waals surface area contributed by atoms with Crippen molar-refractivity contribution in [3.63, 3.8) is 0 Å². The molecule has 0 radical (unpaired) electrons. The molecule has 3 rings (SSSR count). The summed E-state index contributed by atoms with van der Waals surface area (Å²) in [4.78, 5) is 12.6. The number of hydrogen-bond acceptors (Lipinski definition) is 6. The molecule has 9 heteroatoms. The van der Waals surface area contributed by atoms with Crippen molar-refractivity contribution < 1.29 is 18.1 Å². The molecule has 1 saturated heterocycles. The van der Waals surface area contributed by atoms with E-state index in [2.05, 4.69) is 11.0 Å². The van der Waals surface area contributed by atoms with Gasteiger partial charge in [0.15, 0.2) is 5.75 Å². The zero-order chi connectivity index (χ0) is 20.9. The summed E-state index contributed by atoms with van der Waals surface area (Å²) in [5.74, 6) is 0.0315. The third kappa shape index (κ3) is 5.00. The van der Waals surface area contributed by atoms with Gasteiger partial charge in [0.25, 0.3) is 0 Å². The van der Waals surface area contributed by atoms with Crippen LogP contribution in [0.3, 0.4) is 0 Å². The van der Waals surface area contributed by atoms with E-state index in [1.54, 1.807) is 0 Å². The summed E-state index contributed by atoms with van der Waals surface area (Å²) in [7, 11) is -2.49. The number of ether oxygens (including phenoxy) is 1. The minimum Gasteiger partial charge on any atom is -0.490 e. The first-order valence-electron chi connectivity index (χ1n) is 9.18. The number of nitro groups is 1. The Morgan fingerprint density at radius 1 is 1.10 bits per heavy atom. The van der Waals surface area contributed by atoms with Gasteiger partial charge in [-0.3, -0.25) is 15.0 Å². The third-order valence-corrected chi connectivity index (χ3v) is 6.68. The maximum absolute atomic E-state index is 12.9. The van der Waals surface area contributed by atoms with Gasteiger partial charge in [-0.2, -0.15) is 4.31 Å². The highest BCUT2D eigenvalue weighted by molar-refractivity contribution is 7.89. The number of piperazine rings is 1. The molecule has 2 aromatic rings. The molecule has 1 aliphatic heterocycles. The molecule has 0 amide bonds.